The maximum atomic E-state index is 11.7. The van der Waals surface area contributed by atoms with Crippen LogP contribution >= 0.6 is 0 Å². The average Bonchev–Trinajstić information content (AvgIpc) is 2.35. The molecular weight excluding hydrogens is 228 g/mol. The summed E-state index contributed by atoms with van der Waals surface area (Å²) in [6, 6.07) is 7.67. The van der Waals surface area contributed by atoms with Crippen molar-refractivity contribution < 1.29 is 9.53 Å². The number of nitrogen functional groups attached to an aromatic ring is 1. The smallest absolute Gasteiger partial charge is 0.313 e. The van der Waals surface area contributed by atoms with E-state index in [9.17, 15) is 4.79 Å². The van der Waals surface area contributed by atoms with Crippen molar-refractivity contribution >= 4 is 17.3 Å². The van der Waals surface area contributed by atoms with Gasteiger partial charge in [-0.15, -0.1) is 0 Å². The lowest BCUT2D eigenvalue weighted by Crippen LogP contribution is -2.40. The van der Waals surface area contributed by atoms with Gasteiger partial charge in [0.15, 0.2) is 0 Å². The number of esters is 1. The van der Waals surface area contributed by atoms with Crippen molar-refractivity contribution in [2.75, 3.05) is 30.8 Å². The van der Waals surface area contributed by atoms with Gasteiger partial charge >= 0.3 is 5.97 Å². The first-order valence-corrected chi connectivity index (χ1v) is 6.10. The van der Waals surface area contributed by atoms with Crippen LogP contribution in [0.15, 0.2) is 24.3 Å². The molecule has 0 unspecified atom stereocenters. The standard InChI is InChI=1S/C14H22N2O2/c1-5-16(10-14(2,3)13(17)18-4)12-9-7-6-8-11(12)15/h6-9H,5,10,15H2,1-4H3. The molecule has 0 heterocycles. The summed E-state index contributed by atoms with van der Waals surface area (Å²) in [5.41, 5.74) is 7.08. The van der Waals surface area contributed by atoms with Crippen LogP contribution in [0.2, 0.25) is 0 Å². The number of ether oxygens (including phenoxy) is 1. The highest BCUT2D eigenvalue weighted by molar-refractivity contribution is 5.77. The molecule has 0 bridgehead atoms. The number of nitrogens with two attached hydrogens (primary N) is 1. The van der Waals surface area contributed by atoms with Crippen LogP contribution in [-0.2, 0) is 9.53 Å². The third-order valence-corrected chi connectivity index (χ3v) is 2.98. The van der Waals surface area contributed by atoms with Gasteiger partial charge in [-0.05, 0) is 32.9 Å². The fourth-order valence-corrected chi connectivity index (χ4v) is 1.96. The van der Waals surface area contributed by atoms with E-state index in [1.54, 1.807) is 0 Å². The molecule has 0 saturated heterocycles. The minimum Gasteiger partial charge on any atom is -0.469 e. The van der Waals surface area contributed by atoms with Crippen molar-refractivity contribution in [3.63, 3.8) is 0 Å². The highest BCUT2D eigenvalue weighted by Gasteiger charge is 2.31. The topological polar surface area (TPSA) is 55.6 Å². The first-order chi connectivity index (χ1) is 8.42. The van der Waals surface area contributed by atoms with Gasteiger partial charge in [-0.3, -0.25) is 4.79 Å². The predicted molar refractivity (Wildman–Crippen MR) is 74.5 cm³/mol. The fraction of sp³-hybridized carbons (Fsp3) is 0.500. The number of methoxy groups -OCH3 is 1. The van der Waals surface area contributed by atoms with Gasteiger partial charge < -0.3 is 15.4 Å². The zero-order valence-electron chi connectivity index (χ0n) is 11.6. The molecule has 4 heteroatoms. The molecule has 18 heavy (non-hydrogen) atoms. The number of anilines is 2. The van der Waals surface area contributed by atoms with E-state index in [4.69, 9.17) is 10.5 Å². The molecule has 0 saturated carbocycles. The van der Waals surface area contributed by atoms with Crippen LogP contribution in [0.25, 0.3) is 0 Å². The second-order valence-electron chi connectivity index (χ2n) is 4.95. The van der Waals surface area contributed by atoms with Crippen LogP contribution in [-0.4, -0.2) is 26.2 Å². The molecule has 100 valence electrons. The van der Waals surface area contributed by atoms with Crippen molar-refractivity contribution in [2.45, 2.75) is 20.8 Å². The molecule has 0 aliphatic rings. The van der Waals surface area contributed by atoms with Gasteiger partial charge in [0.25, 0.3) is 0 Å². The maximum Gasteiger partial charge on any atom is 0.313 e. The van der Waals surface area contributed by atoms with E-state index in [1.807, 2.05) is 45.0 Å². The minimum atomic E-state index is -0.562. The Morgan fingerprint density at radius 1 is 1.39 bits per heavy atom. The molecular formula is C14H22N2O2. The molecule has 0 fully saturated rings. The van der Waals surface area contributed by atoms with Gasteiger partial charge in [0.1, 0.15) is 0 Å². The van der Waals surface area contributed by atoms with Crippen LogP contribution in [0.1, 0.15) is 20.8 Å². The van der Waals surface area contributed by atoms with Gasteiger partial charge in [0, 0.05) is 13.1 Å². The number of carbonyl (C=O) groups is 1. The number of benzene rings is 1. The Hall–Kier alpha value is -1.71. The molecule has 1 aromatic carbocycles. The molecule has 0 aromatic heterocycles. The number of nitrogens with zero attached hydrogens (tertiary/aromatic N) is 1. The van der Waals surface area contributed by atoms with Crippen LogP contribution in [0.5, 0.6) is 0 Å². The highest BCUT2D eigenvalue weighted by atomic mass is 16.5. The molecule has 0 amide bonds. The average molecular weight is 250 g/mol. The maximum absolute atomic E-state index is 11.7. The summed E-state index contributed by atoms with van der Waals surface area (Å²) in [5.74, 6) is -0.213. The minimum absolute atomic E-state index is 0.213. The van der Waals surface area contributed by atoms with Crippen LogP contribution in [0, 0.1) is 5.41 Å². The van der Waals surface area contributed by atoms with E-state index >= 15 is 0 Å². The van der Waals surface area contributed by atoms with Crippen molar-refractivity contribution in [3.05, 3.63) is 24.3 Å². The Balaban J connectivity index is 2.93. The van der Waals surface area contributed by atoms with E-state index in [0.29, 0.717) is 6.54 Å². The number of rotatable bonds is 5. The lowest BCUT2D eigenvalue weighted by molar-refractivity contribution is -0.150. The number of para-hydroxylation sites is 2. The first-order valence-electron chi connectivity index (χ1n) is 6.10. The van der Waals surface area contributed by atoms with E-state index in [0.717, 1.165) is 17.9 Å². The Kier molecular flexibility index (Phi) is 4.59. The molecule has 0 aliphatic heterocycles. The Morgan fingerprint density at radius 2 is 2.00 bits per heavy atom. The fourth-order valence-electron chi connectivity index (χ4n) is 1.96. The van der Waals surface area contributed by atoms with E-state index in [2.05, 4.69) is 4.90 Å². The van der Waals surface area contributed by atoms with Crippen molar-refractivity contribution in [3.8, 4) is 0 Å². The molecule has 4 nitrogen and oxygen atoms in total. The summed E-state index contributed by atoms with van der Waals surface area (Å²) in [6.45, 7) is 7.15. The molecule has 0 atom stereocenters. The zero-order valence-corrected chi connectivity index (χ0v) is 11.6. The second kappa shape index (κ2) is 5.76. The third-order valence-electron chi connectivity index (χ3n) is 2.98. The Bertz CT molecular complexity index is 416. The summed E-state index contributed by atoms with van der Waals surface area (Å²) in [5, 5.41) is 0. The molecule has 1 aromatic rings. The lowest BCUT2D eigenvalue weighted by Gasteiger charge is -2.32. The molecule has 1 rings (SSSR count). The van der Waals surface area contributed by atoms with E-state index in [-0.39, 0.29) is 5.97 Å². The Labute approximate surface area is 109 Å². The van der Waals surface area contributed by atoms with Crippen LogP contribution < -0.4 is 10.6 Å². The quantitative estimate of drug-likeness (QED) is 0.643. The van der Waals surface area contributed by atoms with Crippen LogP contribution in [0.3, 0.4) is 0 Å². The zero-order chi connectivity index (χ0) is 13.8. The summed E-state index contributed by atoms with van der Waals surface area (Å²) in [6.07, 6.45) is 0. The van der Waals surface area contributed by atoms with Gasteiger partial charge in [-0.2, -0.15) is 0 Å². The normalized spacial score (nSPS) is 11.1. The number of hydrogen-bond donors (Lipinski definition) is 1. The van der Waals surface area contributed by atoms with Crippen LogP contribution in [0.4, 0.5) is 11.4 Å². The summed E-state index contributed by atoms with van der Waals surface area (Å²) < 4.78 is 4.83. The molecule has 0 aliphatic carbocycles. The van der Waals surface area contributed by atoms with Gasteiger partial charge in [-0.1, -0.05) is 12.1 Å². The van der Waals surface area contributed by atoms with Gasteiger partial charge in [0.05, 0.1) is 23.9 Å². The SMILES string of the molecule is CCN(CC(C)(C)C(=O)OC)c1ccccc1N. The molecule has 0 spiro atoms. The van der Waals surface area contributed by atoms with Gasteiger partial charge in [-0.25, -0.2) is 0 Å². The monoisotopic (exact) mass is 250 g/mol. The molecule has 2 N–H and O–H groups in total. The van der Waals surface area contributed by atoms with Crippen molar-refractivity contribution in [2.24, 2.45) is 5.41 Å². The Morgan fingerprint density at radius 3 is 2.50 bits per heavy atom. The summed E-state index contributed by atoms with van der Waals surface area (Å²) in [7, 11) is 1.41. The molecule has 0 radical (unpaired) electrons. The van der Waals surface area contributed by atoms with Gasteiger partial charge in [0.2, 0.25) is 0 Å². The number of carbonyl (C=O) groups excluding carboxylic acids is 1. The lowest BCUT2D eigenvalue weighted by atomic mass is 9.92. The summed E-state index contributed by atoms with van der Waals surface area (Å²) >= 11 is 0. The van der Waals surface area contributed by atoms with E-state index < -0.39 is 5.41 Å². The van der Waals surface area contributed by atoms with Crippen molar-refractivity contribution in [1.29, 1.82) is 0 Å². The third kappa shape index (κ3) is 3.15. The predicted octanol–water partition coefficient (Wildman–Crippen LogP) is 2.29. The first kappa shape index (κ1) is 14.4. The van der Waals surface area contributed by atoms with E-state index in [1.165, 1.54) is 7.11 Å². The number of hydrogen-bond acceptors (Lipinski definition) is 4. The largest absolute Gasteiger partial charge is 0.469 e. The summed E-state index contributed by atoms with van der Waals surface area (Å²) in [4.78, 5) is 13.8. The second-order valence-corrected chi connectivity index (χ2v) is 4.95. The highest BCUT2D eigenvalue weighted by Crippen LogP contribution is 2.27. The van der Waals surface area contributed by atoms with Crippen molar-refractivity contribution in [1.82, 2.24) is 0 Å².